The first-order valence-corrected chi connectivity index (χ1v) is 11.2. The number of phenols is 1. The molecule has 33 heavy (non-hydrogen) atoms. The molecule has 2 aromatic heterocycles. The minimum Gasteiger partial charge on any atom is -0.506 e. The maximum atomic E-state index is 13.8. The van der Waals surface area contributed by atoms with Crippen molar-refractivity contribution in [2.75, 3.05) is 4.90 Å². The summed E-state index contributed by atoms with van der Waals surface area (Å²) in [4.78, 5) is 6.36. The van der Waals surface area contributed by atoms with Crippen LogP contribution in [0.3, 0.4) is 0 Å². The van der Waals surface area contributed by atoms with Crippen molar-refractivity contribution in [2.45, 2.75) is 12.1 Å². The summed E-state index contributed by atoms with van der Waals surface area (Å²) in [5, 5.41) is 14.9. The molecule has 5 rings (SSSR count). The van der Waals surface area contributed by atoms with Gasteiger partial charge in [0.05, 0.1) is 22.4 Å². The Bertz CT molecular complexity index is 1350. The van der Waals surface area contributed by atoms with E-state index in [0.717, 1.165) is 11.4 Å². The number of aromatic nitrogens is 2. The Morgan fingerprint density at radius 3 is 2.64 bits per heavy atom. The van der Waals surface area contributed by atoms with Crippen LogP contribution in [0.5, 0.6) is 5.75 Å². The van der Waals surface area contributed by atoms with E-state index in [0.29, 0.717) is 21.5 Å². The maximum Gasteiger partial charge on any atom is 0.174 e. The summed E-state index contributed by atoms with van der Waals surface area (Å²) in [6.45, 7) is 0. The zero-order valence-electron chi connectivity index (χ0n) is 17.0. The normalized spacial score (nSPS) is 17.9. The topological polar surface area (TPSA) is 53.3 Å². The van der Waals surface area contributed by atoms with Gasteiger partial charge in [-0.1, -0.05) is 29.3 Å². The van der Waals surface area contributed by atoms with Crippen LogP contribution in [0.25, 0.3) is 5.69 Å². The fourth-order valence-electron chi connectivity index (χ4n) is 4.11. The summed E-state index contributed by atoms with van der Waals surface area (Å²) >= 11 is 18.0. The van der Waals surface area contributed by atoms with Gasteiger partial charge in [0.1, 0.15) is 17.6 Å². The SMILES string of the molecule is Oc1ccc(Cl)cc1N1C(=S)N[C@H](c2ccccn2)[C@@H]1c1cccn1-c1ccc(F)c(Cl)c1. The molecule has 0 aliphatic carbocycles. The lowest BCUT2D eigenvalue weighted by molar-refractivity contribution is 0.472. The fourth-order valence-corrected chi connectivity index (χ4v) is 4.79. The molecule has 1 aliphatic heterocycles. The average molecular weight is 499 g/mol. The number of pyridine rings is 1. The summed E-state index contributed by atoms with van der Waals surface area (Å²) < 4.78 is 15.7. The van der Waals surface area contributed by atoms with Crippen LogP contribution in [-0.4, -0.2) is 19.8 Å². The summed E-state index contributed by atoms with van der Waals surface area (Å²) in [5.41, 5.74) is 2.77. The standard InChI is InChI=1S/C24H17Cl2FN4OS/c25-14-6-9-21(32)20(12-14)31-23(22(29-24(31)33)18-4-1-2-10-28-18)19-5-3-11-30(19)15-7-8-17(27)16(26)13-15/h1-13,22-23,32H,(H,29,33)/t22-,23+/m1/s1. The smallest absolute Gasteiger partial charge is 0.174 e. The predicted octanol–water partition coefficient (Wildman–Crippen LogP) is 6.20. The van der Waals surface area contributed by atoms with Crippen LogP contribution in [0.1, 0.15) is 23.5 Å². The molecule has 0 amide bonds. The third kappa shape index (κ3) is 3.93. The van der Waals surface area contributed by atoms with E-state index in [1.807, 2.05) is 46.0 Å². The molecule has 2 N–H and O–H groups in total. The van der Waals surface area contributed by atoms with E-state index in [4.69, 9.17) is 35.4 Å². The molecule has 1 fully saturated rings. The highest BCUT2D eigenvalue weighted by atomic mass is 35.5. The first-order valence-electron chi connectivity index (χ1n) is 10.1. The molecule has 4 aromatic rings. The van der Waals surface area contributed by atoms with E-state index in [2.05, 4.69) is 10.3 Å². The number of hydrogen-bond donors (Lipinski definition) is 2. The van der Waals surface area contributed by atoms with Crippen molar-refractivity contribution in [2.24, 2.45) is 0 Å². The van der Waals surface area contributed by atoms with E-state index in [9.17, 15) is 9.50 Å². The second-order valence-electron chi connectivity index (χ2n) is 7.53. The van der Waals surface area contributed by atoms with Gasteiger partial charge in [-0.2, -0.15) is 0 Å². The molecule has 0 unspecified atom stereocenters. The average Bonchev–Trinajstić information content (AvgIpc) is 3.42. The lowest BCUT2D eigenvalue weighted by atomic mass is 10.0. The summed E-state index contributed by atoms with van der Waals surface area (Å²) in [6.07, 6.45) is 3.58. The molecule has 9 heteroatoms. The van der Waals surface area contributed by atoms with Gasteiger partial charge < -0.3 is 19.9 Å². The first-order chi connectivity index (χ1) is 15.9. The maximum absolute atomic E-state index is 13.8. The third-order valence-corrected chi connectivity index (χ3v) is 6.40. The predicted molar refractivity (Wildman–Crippen MR) is 132 cm³/mol. The van der Waals surface area contributed by atoms with Crippen LogP contribution in [0.15, 0.2) is 79.1 Å². The molecular formula is C24H17Cl2FN4OS. The highest BCUT2D eigenvalue weighted by molar-refractivity contribution is 7.80. The molecular weight excluding hydrogens is 482 g/mol. The van der Waals surface area contributed by atoms with Gasteiger partial charge in [0.2, 0.25) is 0 Å². The molecule has 2 atom stereocenters. The highest BCUT2D eigenvalue weighted by Crippen LogP contribution is 2.45. The van der Waals surface area contributed by atoms with Crippen molar-refractivity contribution in [1.29, 1.82) is 0 Å². The first kappa shape index (κ1) is 21.7. The Hall–Kier alpha value is -3.13. The van der Waals surface area contributed by atoms with Gasteiger partial charge in [-0.05, 0) is 72.9 Å². The van der Waals surface area contributed by atoms with Crippen molar-refractivity contribution in [1.82, 2.24) is 14.9 Å². The summed E-state index contributed by atoms with van der Waals surface area (Å²) in [5.74, 6) is -0.451. The van der Waals surface area contributed by atoms with Crippen LogP contribution < -0.4 is 10.2 Å². The minimum atomic E-state index is -0.491. The van der Waals surface area contributed by atoms with Crippen LogP contribution in [0.4, 0.5) is 10.1 Å². The highest BCUT2D eigenvalue weighted by Gasteiger charge is 2.43. The molecule has 0 radical (unpaired) electrons. The Kier molecular flexibility index (Phi) is 5.70. The molecule has 0 saturated carbocycles. The third-order valence-electron chi connectivity index (χ3n) is 5.56. The van der Waals surface area contributed by atoms with Gasteiger partial charge in [0, 0.05) is 28.8 Å². The quantitative estimate of drug-likeness (QED) is 0.328. The monoisotopic (exact) mass is 498 g/mol. The van der Waals surface area contributed by atoms with Crippen LogP contribution in [0, 0.1) is 5.82 Å². The summed E-state index contributed by atoms with van der Waals surface area (Å²) in [7, 11) is 0. The second kappa shape index (κ2) is 8.67. The van der Waals surface area contributed by atoms with Crippen molar-refractivity contribution >= 4 is 46.2 Å². The number of aromatic hydroxyl groups is 1. The van der Waals surface area contributed by atoms with Gasteiger partial charge in [0.25, 0.3) is 0 Å². The number of halogens is 3. The zero-order chi connectivity index (χ0) is 23.1. The van der Waals surface area contributed by atoms with Gasteiger partial charge >= 0.3 is 0 Å². The number of nitrogens with one attached hydrogen (secondary N) is 1. The van der Waals surface area contributed by atoms with E-state index in [1.54, 1.807) is 30.5 Å². The number of benzene rings is 2. The molecule has 1 aliphatic rings. The van der Waals surface area contributed by atoms with Crippen LogP contribution >= 0.6 is 35.4 Å². The summed E-state index contributed by atoms with van der Waals surface area (Å²) in [6, 6.07) is 18.1. The molecule has 0 bridgehead atoms. The lowest BCUT2D eigenvalue weighted by Crippen LogP contribution is -2.30. The van der Waals surface area contributed by atoms with Crippen molar-refractivity contribution < 1.29 is 9.50 Å². The number of hydrogen-bond acceptors (Lipinski definition) is 3. The Labute approximate surface area is 205 Å². The fraction of sp³-hybridized carbons (Fsp3) is 0.0833. The number of anilines is 1. The Morgan fingerprint density at radius 1 is 1.03 bits per heavy atom. The van der Waals surface area contributed by atoms with Crippen LogP contribution in [-0.2, 0) is 0 Å². The molecule has 0 spiro atoms. The van der Waals surface area contributed by atoms with Gasteiger partial charge in [0.15, 0.2) is 5.11 Å². The largest absolute Gasteiger partial charge is 0.506 e. The number of nitrogens with zero attached hydrogens (tertiary/aromatic N) is 3. The van der Waals surface area contributed by atoms with Crippen molar-refractivity contribution in [3.8, 4) is 11.4 Å². The van der Waals surface area contributed by atoms with Crippen LogP contribution in [0.2, 0.25) is 10.0 Å². The Balaban J connectivity index is 1.70. The van der Waals surface area contributed by atoms with Gasteiger partial charge in [-0.3, -0.25) is 4.98 Å². The number of phenolic OH excluding ortho intramolecular Hbond substituents is 1. The molecule has 5 nitrogen and oxygen atoms in total. The molecule has 3 heterocycles. The van der Waals surface area contributed by atoms with E-state index in [-0.39, 0.29) is 16.8 Å². The van der Waals surface area contributed by atoms with E-state index < -0.39 is 11.9 Å². The van der Waals surface area contributed by atoms with Crippen molar-refractivity contribution in [3.05, 3.63) is 106 Å². The van der Waals surface area contributed by atoms with Crippen molar-refractivity contribution in [3.63, 3.8) is 0 Å². The van der Waals surface area contributed by atoms with E-state index in [1.165, 1.54) is 12.1 Å². The molecule has 166 valence electrons. The lowest BCUT2D eigenvalue weighted by Gasteiger charge is -2.29. The molecule has 1 saturated heterocycles. The van der Waals surface area contributed by atoms with Gasteiger partial charge in [-0.15, -0.1) is 0 Å². The number of rotatable bonds is 4. The second-order valence-corrected chi connectivity index (χ2v) is 8.76. The zero-order valence-corrected chi connectivity index (χ0v) is 19.3. The minimum absolute atomic E-state index is 0.0258. The van der Waals surface area contributed by atoms with E-state index >= 15 is 0 Å². The van der Waals surface area contributed by atoms with Gasteiger partial charge in [-0.25, -0.2) is 4.39 Å². The number of thiocarbonyl (C=S) groups is 1. The Morgan fingerprint density at radius 2 is 1.88 bits per heavy atom. The molecule has 2 aromatic carbocycles.